The van der Waals surface area contributed by atoms with Crippen LogP contribution in [0.15, 0.2) is 12.2 Å². The lowest BCUT2D eigenvalue weighted by Crippen LogP contribution is -1.94. The van der Waals surface area contributed by atoms with Crippen molar-refractivity contribution in [3.8, 4) is 0 Å². The lowest BCUT2D eigenvalue weighted by atomic mass is 10.5. The number of carbonyl (C=O) groups is 1. The highest BCUT2D eigenvalue weighted by Gasteiger charge is 1.87. The van der Waals surface area contributed by atoms with Gasteiger partial charge in [-0.05, 0) is 6.08 Å². The summed E-state index contributed by atoms with van der Waals surface area (Å²) in [7, 11) is 1.27. The van der Waals surface area contributed by atoms with Gasteiger partial charge in [0.1, 0.15) is 6.61 Å². The van der Waals surface area contributed by atoms with Crippen molar-refractivity contribution in [1.29, 1.82) is 0 Å². The fourth-order valence-corrected chi connectivity index (χ4v) is 0.255. The van der Waals surface area contributed by atoms with Gasteiger partial charge in [0.05, 0.1) is 7.11 Å². The molecule has 0 aromatic carbocycles. The maximum absolute atomic E-state index is 10.2. The van der Waals surface area contributed by atoms with Crippen molar-refractivity contribution in [2.75, 3.05) is 13.7 Å². The summed E-state index contributed by atoms with van der Waals surface area (Å²) >= 11 is 0. The van der Waals surface area contributed by atoms with Crippen molar-refractivity contribution in [1.82, 2.24) is 0 Å². The zero-order chi connectivity index (χ0) is 7.11. The lowest BCUT2D eigenvalue weighted by molar-refractivity contribution is -0.231. The van der Waals surface area contributed by atoms with Gasteiger partial charge in [-0.3, -0.25) is 5.26 Å². The molecule has 0 bridgehead atoms. The maximum atomic E-state index is 10.2. The first-order chi connectivity index (χ1) is 4.31. The Bertz CT molecular complexity index is 108. The number of esters is 1. The number of hydrogen-bond acceptors (Lipinski definition) is 4. The number of methoxy groups -OCH3 is 1. The summed E-state index contributed by atoms with van der Waals surface area (Å²) in [5.74, 6) is -0.466. The highest BCUT2D eigenvalue weighted by molar-refractivity contribution is 5.81. The Kier molecular flexibility index (Phi) is 4.76. The molecule has 9 heavy (non-hydrogen) atoms. The fourth-order valence-electron chi connectivity index (χ4n) is 0.255. The highest BCUT2D eigenvalue weighted by atomic mass is 17.1. The molecule has 0 heterocycles. The zero-order valence-electron chi connectivity index (χ0n) is 5.03. The van der Waals surface area contributed by atoms with Gasteiger partial charge < -0.3 is 4.74 Å². The monoisotopic (exact) mass is 132 g/mol. The maximum Gasteiger partial charge on any atom is 0.330 e. The lowest BCUT2D eigenvalue weighted by Gasteiger charge is -1.87. The van der Waals surface area contributed by atoms with Gasteiger partial charge in [-0.1, -0.05) is 0 Å². The van der Waals surface area contributed by atoms with Crippen LogP contribution in [0.3, 0.4) is 0 Å². The minimum Gasteiger partial charge on any atom is -0.466 e. The number of hydrogen-bond donors (Lipinski definition) is 1. The molecule has 0 fully saturated rings. The van der Waals surface area contributed by atoms with Crippen LogP contribution >= 0.6 is 0 Å². The Morgan fingerprint density at radius 3 is 2.89 bits per heavy atom. The summed E-state index contributed by atoms with van der Waals surface area (Å²) in [6, 6.07) is 0. The molecule has 0 aliphatic rings. The summed E-state index contributed by atoms with van der Waals surface area (Å²) in [6.07, 6.45) is 2.50. The summed E-state index contributed by atoms with van der Waals surface area (Å²) in [5, 5.41) is 7.75. The SMILES string of the molecule is COC(=O)C=CCOO. The Morgan fingerprint density at radius 1 is 1.78 bits per heavy atom. The van der Waals surface area contributed by atoms with Gasteiger partial charge in [0.2, 0.25) is 0 Å². The van der Waals surface area contributed by atoms with Crippen molar-refractivity contribution in [3.63, 3.8) is 0 Å². The van der Waals surface area contributed by atoms with Gasteiger partial charge in [0.15, 0.2) is 0 Å². The minimum atomic E-state index is -0.466. The molecule has 0 amide bonds. The van der Waals surface area contributed by atoms with E-state index in [1.807, 2.05) is 0 Å². The second kappa shape index (κ2) is 5.27. The van der Waals surface area contributed by atoms with Crippen LogP contribution in [0.25, 0.3) is 0 Å². The smallest absolute Gasteiger partial charge is 0.330 e. The van der Waals surface area contributed by atoms with Crippen LogP contribution in [-0.2, 0) is 14.4 Å². The van der Waals surface area contributed by atoms with Crippen molar-refractivity contribution in [2.45, 2.75) is 0 Å². The molecule has 0 saturated carbocycles. The van der Waals surface area contributed by atoms with Gasteiger partial charge in [-0.2, -0.15) is 0 Å². The molecule has 4 heteroatoms. The molecule has 1 N–H and O–H groups in total. The highest BCUT2D eigenvalue weighted by Crippen LogP contribution is 1.77. The van der Waals surface area contributed by atoms with Gasteiger partial charge in [-0.25, -0.2) is 9.68 Å². The van der Waals surface area contributed by atoms with E-state index in [1.165, 1.54) is 13.2 Å². The van der Waals surface area contributed by atoms with Crippen molar-refractivity contribution >= 4 is 5.97 Å². The first kappa shape index (κ1) is 8.13. The Morgan fingerprint density at radius 2 is 2.44 bits per heavy atom. The quantitative estimate of drug-likeness (QED) is 0.258. The Labute approximate surface area is 52.6 Å². The molecule has 0 unspecified atom stereocenters. The molecular weight excluding hydrogens is 124 g/mol. The number of ether oxygens (including phenoxy) is 1. The van der Waals surface area contributed by atoms with E-state index >= 15 is 0 Å². The van der Waals surface area contributed by atoms with Gasteiger partial charge in [-0.15, -0.1) is 0 Å². The molecule has 0 aliphatic heterocycles. The van der Waals surface area contributed by atoms with Gasteiger partial charge in [0.25, 0.3) is 0 Å². The van der Waals surface area contributed by atoms with E-state index in [9.17, 15) is 4.79 Å². The molecule has 0 rings (SSSR count). The molecule has 0 aromatic heterocycles. The molecule has 0 aliphatic carbocycles. The first-order valence-electron chi connectivity index (χ1n) is 2.32. The standard InChI is InChI=1S/C5H8O4/c1-8-5(6)3-2-4-9-7/h2-3,7H,4H2,1H3. The average Bonchev–Trinajstić information content (AvgIpc) is 1.89. The van der Waals surface area contributed by atoms with E-state index in [1.54, 1.807) is 0 Å². The normalized spacial score (nSPS) is 10.0. The molecule has 0 aromatic rings. The Balaban J connectivity index is 3.32. The van der Waals surface area contributed by atoms with Crippen LogP contribution in [-0.4, -0.2) is 24.9 Å². The fraction of sp³-hybridized carbons (Fsp3) is 0.400. The van der Waals surface area contributed by atoms with E-state index in [4.69, 9.17) is 5.26 Å². The molecular formula is C5H8O4. The molecule has 0 atom stereocenters. The molecule has 0 spiro atoms. The van der Waals surface area contributed by atoms with Crippen molar-refractivity contribution in [2.24, 2.45) is 0 Å². The van der Waals surface area contributed by atoms with Gasteiger partial charge in [0, 0.05) is 6.08 Å². The van der Waals surface area contributed by atoms with E-state index < -0.39 is 5.97 Å². The van der Waals surface area contributed by atoms with Crippen LogP contribution in [0.5, 0.6) is 0 Å². The van der Waals surface area contributed by atoms with E-state index in [0.29, 0.717) is 0 Å². The summed E-state index contributed by atoms with van der Waals surface area (Å²) in [4.78, 5) is 13.9. The summed E-state index contributed by atoms with van der Waals surface area (Å²) in [5.41, 5.74) is 0. The van der Waals surface area contributed by atoms with Crippen LogP contribution in [0.1, 0.15) is 0 Å². The van der Waals surface area contributed by atoms with Gasteiger partial charge >= 0.3 is 5.97 Å². The topological polar surface area (TPSA) is 55.8 Å². The number of rotatable bonds is 3. The van der Waals surface area contributed by atoms with Crippen LogP contribution in [0.4, 0.5) is 0 Å². The second-order valence-electron chi connectivity index (χ2n) is 1.22. The first-order valence-corrected chi connectivity index (χ1v) is 2.32. The second-order valence-corrected chi connectivity index (χ2v) is 1.22. The zero-order valence-corrected chi connectivity index (χ0v) is 5.03. The van der Waals surface area contributed by atoms with Crippen LogP contribution < -0.4 is 0 Å². The average molecular weight is 132 g/mol. The molecule has 0 saturated heterocycles. The van der Waals surface area contributed by atoms with E-state index in [-0.39, 0.29) is 6.61 Å². The third-order valence-electron chi connectivity index (χ3n) is 0.626. The largest absolute Gasteiger partial charge is 0.466 e. The van der Waals surface area contributed by atoms with Crippen molar-refractivity contribution in [3.05, 3.63) is 12.2 Å². The predicted octanol–water partition coefficient (Wildman–Crippen LogP) is 0.205. The van der Waals surface area contributed by atoms with E-state index in [2.05, 4.69) is 9.62 Å². The number of carbonyl (C=O) groups excluding carboxylic acids is 1. The van der Waals surface area contributed by atoms with Crippen LogP contribution in [0, 0.1) is 0 Å². The summed E-state index contributed by atoms with van der Waals surface area (Å²) in [6.45, 7) is -0.00486. The molecule has 0 radical (unpaired) electrons. The molecule has 4 nitrogen and oxygen atoms in total. The minimum absolute atomic E-state index is 0.00486. The van der Waals surface area contributed by atoms with Crippen LogP contribution in [0.2, 0.25) is 0 Å². The third kappa shape index (κ3) is 4.99. The third-order valence-corrected chi connectivity index (χ3v) is 0.626. The predicted molar refractivity (Wildman–Crippen MR) is 29.7 cm³/mol. The van der Waals surface area contributed by atoms with E-state index in [0.717, 1.165) is 6.08 Å². The summed E-state index contributed by atoms with van der Waals surface area (Å²) < 4.78 is 4.23. The Hall–Kier alpha value is -0.870. The molecule has 52 valence electrons. The van der Waals surface area contributed by atoms with Crippen molar-refractivity contribution < 1.29 is 19.7 Å².